The maximum Gasteiger partial charge on any atom is 0.228 e. The third-order valence-corrected chi connectivity index (χ3v) is 4.07. The molecule has 26 heavy (non-hydrogen) atoms. The molecule has 3 heterocycles. The number of aromatic hydroxyl groups is 1. The van der Waals surface area contributed by atoms with E-state index in [9.17, 15) is 5.11 Å². The number of phenols is 1. The van der Waals surface area contributed by atoms with Crippen molar-refractivity contribution in [2.24, 2.45) is 0 Å². The summed E-state index contributed by atoms with van der Waals surface area (Å²) in [6, 6.07) is 14.6. The summed E-state index contributed by atoms with van der Waals surface area (Å²) in [6.07, 6.45) is 1.72. The van der Waals surface area contributed by atoms with Crippen molar-refractivity contribution in [2.75, 3.05) is 36.5 Å². The van der Waals surface area contributed by atoms with Crippen molar-refractivity contribution < 1.29 is 9.84 Å². The molecule has 2 N–H and O–H groups in total. The summed E-state index contributed by atoms with van der Waals surface area (Å²) in [6.45, 7) is 2.80. The molecule has 1 aliphatic rings. The first-order valence-corrected chi connectivity index (χ1v) is 8.47. The van der Waals surface area contributed by atoms with Gasteiger partial charge in [0, 0.05) is 30.9 Å². The van der Waals surface area contributed by atoms with Gasteiger partial charge in [0.15, 0.2) is 0 Å². The van der Waals surface area contributed by atoms with Gasteiger partial charge in [0.05, 0.1) is 18.9 Å². The Balaban J connectivity index is 1.73. The molecule has 1 saturated heterocycles. The van der Waals surface area contributed by atoms with E-state index in [1.807, 2.05) is 30.3 Å². The molecule has 0 radical (unpaired) electrons. The number of hydrogen-bond acceptors (Lipinski definition) is 7. The first kappa shape index (κ1) is 16.3. The number of aromatic nitrogens is 3. The molecule has 132 valence electrons. The zero-order valence-corrected chi connectivity index (χ0v) is 14.2. The molecule has 1 aromatic carbocycles. The van der Waals surface area contributed by atoms with Crippen LogP contribution >= 0.6 is 0 Å². The lowest BCUT2D eigenvalue weighted by molar-refractivity contribution is 0.122. The maximum absolute atomic E-state index is 9.80. The van der Waals surface area contributed by atoms with Crippen LogP contribution in [0.5, 0.6) is 5.75 Å². The van der Waals surface area contributed by atoms with E-state index in [-0.39, 0.29) is 5.75 Å². The molecule has 0 unspecified atom stereocenters. The highest BCUT2D eigenvalue weighted by Crippen LogP contribution is 2.27. The van der Waals surface area contributed by atoms with Gasteiger partial charge in [-0.2, -0.15) is 4.98 Å². The number of ether oxygens (including phenoxy) is 1. The molecule has 2 aromatic heterocycles. The summed E-state index contributed by atoms with van der Waals surface area (Å²) in [5.41, 5.74) is 1.56. The van der Waals surface area contributed by atoms with Gasteiger partial charge in [0.1, 0.15) is 17.4 Å². The minimum Gasteiger partial charge on any atom is -0.508 e. The molecule has 4 rings (SSSR count). The molecular formula is C19H19N5O2. The van der Waals surface area contributed by atoms with E-state index in [1.54, 1.807) is 24.4 Å². The second kappa shape index (κ2) is 7.37. The minimum atomic E-state index is 0.202. The van der Waals surface area contributed by atoms with Gasteiger partial charge >= 0.3 is 0 Å². The molecule has 0 bridgehead atoms. The van der Waals surface area contributed by atoms with E-state index >= 15 is 0 Å². The average Bonchev–Trinajstić information content (AvgIpc) is 2.69. The molecule has 0 saturated carbocycles. The maximum atomic E-state index is 9.80. The molecule has 1 aliphatic heterocycles. The summed E-state index contributed by atoms with van der Waals surface area (Å²) >= 11 is 0. The van der Waals surface area contributed by atoms with E-state index in [4.69, 9.17) is 9.72 Å². The summed E-state index contributed by atoms with van der Waals surface area (Å²) in [4.78, 5) is 15.7. The zero-order valence-electron chi connectivity index (χ0n) is 14.2. The standard InChI is InChI=1S/C19H19N5O2/c25-15-5-3-4-14(12-15)16-13-18(22-17-6-1-2-7-20-17)23-19(21-16)24-8-10-26-11-9-24/h1-7,12-13,25H,8-11H2,(H,20,21,22,23). The summed E-state index contributed by atoms with van der Waals surface area (Å²) in [5, 5.41) is 13.0. The number of anilines is 3. The highest BCUT2D eigenvalue weighted by molar-refractivity contribution is 5.67. The van der Waals surface area contributed by atoms with Crippen molar-refractivity contribution in [3.63, 3.8) is 0 Å². The fourth-order valence-electron chi connectivity index (χ4n) is 2.78. The van der Waals surface area contributed by atoms with E-state index in [0.29, 0.717) is 30.8 Å². The number of rotatable bonds is 4. The summed E-state index contributed by atoms with van der Waals surface area (Å²) in [5.74, 6) is 2.19. The van der Waals surface area contributed by atoms with Gasteiger partial charge in [-0.15, -0.1) is 0 Å². The van der Waals surface area contributed by atoms with Gasteiger partial charge in [-0.05, 0) is 24.3 Å². The number of pyridine rings is 1. The van der Waals surface area contributed by atoms with Crippen LogP contribution in [0.4, 0.5) is 17.6 Å². The molecule has 7 nitrogen and oxygen atoms in total. The fraction of sp³-hybridized carbons (Fsp3) is 0.211. The lowest BCUT2D eigenvalue weighted by Crippen LogP contribution is -2.37. The average molecular weight is 349 g/mol. The second-order valence-electron chi connectivity index (χ2n) is 5.93. The van der Waals surface area contributed by atoms with Crippen LogP contribution in [0, 0.1) is 0 Å². The highest BCUT2D eigenvalue weighted by Gasteiger charge is 2.16. The predicted molar refractivity (Wildman–Crippen MR) is 99.7 cm³/mol. The highest BCUT2D eigenvalue weighted by atomic mass is 16.5. The normalized spacial score (nSPS) is 14.2. The largest absolute Gasteiger partial charge is 0.508 e. The Kier molecular flexibility index (Phi) is 4.61. The van der Waals surface area contributed by atoms with Crippen LogP contribution in [0.3, 0.4) is 0 Å². The molecule has 0 atom stereocenters. The van der Waals surface area contributed by atoms with Gasteiger partial charge in [-0.25, -0.2) is 9.97 Å². The topological polar surface area (TPSA) is 83.4 Å². The van der Waals surface area contributed by atoms with Crippen LogP contribution in [-0.2, 0) is 4.74 Å². The van der Waals surface area contributed by atoms with Gasteiger partial charge in [-0.3, -0.25) is 0 Å². The second-order valence-corrected chi connectivity index (χ2v) is 5.93. The number of morpholine rings is 1. The number of nitrogens with one attached hydrogen (secondary N) is 1. The lowest BCUT2D eigenvalue weighted by atomic mass is 10.1. The lowest BCUT2D eigenvalue weighted by Gasteiger charge is -2.27. The van der Waals surface area contributed by atoms with Crippen molar-refractivity contribution in [3.8, 4) is 17.0 Å². The SMILES string of the molecule is Oc1cccc(-c2cc(Nc3ccccn3)nc(N3CCOCC3)n2)c1. The molecular weight excluding hydrogens is 330 g/mol. The Bertz CT molecular complexity index is 882. The first-order chi connectivity index (χ1) is 12.8. The predicted octanol–water partition coefficient (Wildman–Crippen LogP) is 2.82. The smallest absolute Gasteiger partial charge is 0.228 e. The number of hydrogen-bond donors (Lipinski definition) is 2. The molecule has 0 aliphatic carbocycles. The monoisotopic (exact) mass is 349 g/mol. The molecule has 1 fully saturated rings. The molecule has 0 amide bonds. The Hall–Kier alpha value is -3.19. The fourth-order valence-corrected chi connectivity index (χ4v) is 2.78. The van der Waals surface area contributed by atoms with Crippen molar-refractivity contribution in [2.45, 2.75) is 0 Å². The third-order valence-electron chi connectivity index (χ3n) is 4.07. The quantitative estimate of drug-likeness (QED) is 0.749. The van der Waals surface area contributed by atoms with Crippen LogP contribution in [0.2, 0.25) is 0 Å². The van der Waals surface area contributed by atoms with Crippen molar-refractivity contribution in [3.05, 3.63) is 54.7 Å². The van der Waals surface area contributed by atoms with Crippen LogP contribution < -0.4 is 10.2 Å². The van der Waals surface area contributed by atoms with Crippen molar-refractivity contribution >= 4 is 17.6 Å². The number of phenolic OH excluding ortho intramolecular Hbond substituents is 1. The van der Waals surface area contributed by atoms with Gasteiger partial charge in [0.25, 0.3) is 0 Å². The first-order valence-electron chi connectivity index (χ1n) is 8.47. The molecule has 3 aromatic rings. The third kappa shape index (κ3) is 3.73. The van der Waals surface area contributed by atoms with Gasteiger partial charge in [-0.1, -0.05) is 18.2 Å². The van der Waals surface area contributed by atoms with E-state index < -0.39 is 0 Å². The van der Waals surface area contributed by atoms with Crippen LogP contribution in [0.1, 0.15) is 0 Å². The van der Waals surface area contributed by atoms with Crippen molar-refractivity contribution in [1.29, 1.82) is 0 Å². The van der Waals surface area contributed by atoms with E-state index in [0.717, 1.165) is 24.3 Å². The number of nitrogens with zero attached hydrogens (tertiary/aromatic N) is 4. The van der Waals surface area contributed by atoms with Crippen LogP contribution in [0.25, 0.3) is 11.3 Å². The summed E-state index contributed by atoms with van der Waals surface area (Å²) in [7, 11) is 0. The van der Waals surface area contributed by atoms with Gasteiger partial charge < -0.3 is 20.1 Å². The Morgan fingerprint density at radius 3 is 2.62 bits per heavy atom. The molecule has 0 spiro atoms. The van der Waals surface area contributed by atoms with Gasteiger partial charge in [0.2, 0.25) is 5.95 Å². The number of benzene rings is 1. The molecule has 7 heteroatoms. The Morgan fingerprint density at radius 1 is 0.962 bits per heavy atom. The van der Waals surface area contributed by atoms with E-state index in [2.05, 4.69) is 20.2 Å². The summed E-state index contributed by atoms with van der Waals surface area (Å²) < 4.78 is 5.42. The Morgan fingerprint density at radius 2 is 1.85 bits per heavy atom. The van der Waals surface area contributed by atoms with Crippen LogP contribution in [0.15, 0.2) is 54.7 Å². The zero-order chi connectivity index (χ0) is 17.8. The van der Waals surface area contributed by atoms with E-state index in [1.165, 1.54) is 0 Å². The Labute approximate surface area is 151 Å². The minimum absolute atomic E-state index is 0.202. The van der Waals surface area contributed by atoms with Crippen molar-refractivity contribution in [1.82, 2.24) is 15.0 Å². The van der Waals surface area contributed by atoms with Crippen LogP contribution in [-0.4, -0.2) is 46.4 Å².